The second-order valence-corrected chi connectivity index (χ2v) is 9.22. The summed E-state index contributed by atoms with van der Waals surface area (Å²) in [5.74, 6) is 0.983. The summed E-state index contributed by atoms with van der Waals surface area (Å²) in [6, 6.07) is 1.21. The number of nitrogens with one attached hydrogen (secondary N) is 1. The molecule has 1 amide bonds. The number of likely N-dealkylation sites (tertiary alicyclic amines) is 1. The summed E-state index contributed by atoms with van der Waals surface area (Å²) in [6.45, 7) is 22.7. The van der Waals surface area contributed by atoms with Gasteiger partial charge in [0.1, 0.15) is 0 Å². The minimum Gasteiger partial charge on any atom is -0.354 e. The van der Waals surface area contributed by atoms with Gasteiger partial charge in [-0.15, -0.1) is 0 Å². The first-order chi connectivity index (χ1) is 13.4. The van der Waals surface area contributed by atoms with Crippen molar-refractivity contribution in [3.63, 3.8) is 0 Å². The van der Waals surface area contributed by atoms with Crippen LogP contribution in [-0.4, -0.2) is 110 Å². The average Bonchev–Trinajstić information content (AvgIpc) is 2.67. The molecule has 2 saturated heterocycles. The summed E-state index contributed by atoms with van der Waals surface area (Å²) in [5.41, 5.74) is 0. The van der Waals surface area contributed by atoms with E-state index >= 15 is 0 Å². The molecular weight excluding hydrogens is 350 g/mol. The second-order valence-electron chi connectivity index (χ2n) is 9.22. The second kappa shape index (κ2) is 12.1. The molecule has 2 rings (SSSR count). The number of hydrogen-bond acceptors (Lipinski definition) is 5. The SMILES string of the molecule is CCN(CCNC(=O)CN1CCC(CN2CCN(C(C)C)CC2)CC1)C(C)C.[HH]. The summed E-state index contributed by atoms with van der Waals surface area (Å²) in [5, 5.41) is 3.10. The quantitative estimate of drug-likeness (QED) is 0.609. The molecule has 1 N–H and O–H groups in total. The molecule has 2 heterocycles. The largest absolute Gasteiger partial charge is 0.354 e. The maximum absolute atomic E-state index is 12.3. The van der Waals surface area contributed by atoms with Gasteiger partial charge in [-0.3, -0.25) is 19.5 Å². The zero-order valence-electron chi connectivity index (χ0n) is 19.1. The van der Waals surface area contributed by atoms with Gasteiger partial charge in [0.2, 0.25) is 5.91 Å². The van der Waals surface area contributed by atoms with E-state index in [1.54, 1.807) is 0 Å². The summed E-state index contributed by atoms with van der Waals surface area (Å²) >= 11 is 0. The number of likely N-dealkylation sites (N-methyl/N-ethyl adjacent to an activating group) is 1. The van der Waals surface area contributed by atoms with Crippen molar-refractivity contribution in [3.05, 3.63) is 0 Å². The molecule has 6 heteroatoms. The van der Waals surface area contributed by atoms with E-state index in [0.717, 1.165) is 38.6 Å². The van der Waals surface area contributed by atoms with Gasteiger partial charge in [-0.05, 0) is 66.1 Å². The van der Waals surface area contributed by atoms with Crippen LogP contribution in [0.3, 0.4) is 0 Å². The molecule has 0 atom stereocenters. The predicted octanol–water partition coefficient (Wildman–Crippen LogP) is 1.82. The zero-order valence-corrected chi connectivity index (χ0v) is 19.1. The smallest absolute Gasteiger partial charge is 0.234 e. The van der Waals surface area contributed by atoms with E-state index in [4.69, 9.17) is 0 Å². The highest BCUT2D eigenvalue weighted by atomic mass is 16.2. The third-order valence-corrected chi connectivity index (χ3v) is 6.59. The van der Waals surface area contributed by atoms with Crippen molar-refractivity contribution >= 4 is 5.91 Å². The van der Waals surface area contributed by atoms with Crippen LogP contribution in [0.1, 0.15) is 48.9 Å². The van der Waals surface area contributed by atoms with E-state index in [2.05, 4.69) is 59.5 Å². The number of piperidine rings is 1. The van der Waals surface area contributed by atoms with Crippen molar-refractivity contribution in [3.8, 4) is 0 Å². The number of rotatable bonds is 10. The van der Waals surface area contributed by atoms with E-state index in [0.29, 0.717) is 18.6 Å². The lowest BCUT2D eigenvalue weighted by molar-refractivity contribution is -0.122. The Hall–Kier alpha value is -0.690. The molecule has 0 aromatic rings. The van der Waals surface area contributed by atoms with Gasteiger partial charge in [0.15, 0.2) is 0 Å². The summed E-state index contributed by atoms with van der Waals surface area (Å²) in [4.78, 5) is 22.2. The van der Waals surface area contributed by atoms with Crippen LogP contribution in [0.15, 0.2) is 0 Å². The van der Waals surface area contributed by atoms with Crippen molar-refractivity contribution < 1.29 is 6.22 Å². The lowest BCUT2D eigenvalue weighted by Crippen LogP contribution is -2.51. The molecule has 0 aromatic carbocycles. The molecule has 0 aromatic heterocycles. The van der Waals surface area contributed by atoms with Crippen molar-refractivity contribution in [1.29, 1.82) is 0 Å². The Bertz CT molecular complexity index is 446. The van der Waals surface area contributed by atoms with Crippen LogP contribution >= 0.6 is 0 Å². The van der Waals surface area contributed by atoms with Gasteiger partial charge >= 0.3 is 0 Å². The first-order valence-corrected chi connectivity index (χ1v) is 11.6. The number of amides is 1. The average molecular weight is 398 g/mol. The van der Waals surface area contributed by atoms with Gasteiger partial charge in [0.05, 0.1) is 6.54 Å². The van der Waals surface area contributed by atoms with Crippen LogP contribution in [0.4, 0.5) is 0 Å². The first kappa shape index (κ1) is 23.6. The maximum Gasteiger partial charge on any atom is 0.234 e. The topological polar surface area (TPSA) is 42.1 Å². The third-order valence-electron chi connectivity index (χ3n) is 6.59. The number of carbonyl (C=O) groups excluding carboxylic acids is 1. The summed E-state index contributed by atoms with van der Waals surface area (Å²) in [6.07, 6.45) is 2.46. The lowest BCUT2D eigenvalue weighted by Gasteiger charge is -2.40. The number of hydrogen-bond donors (Lipinski definition) is 1. The fourth-order valence-electron chi connectivity index (χ4n) is 4.53. The molecule has 0 unspecified atom stereocenters. The lowest BCUT2D eigenvalue weighted by atomic mass is 9.96. The maximum atomic E-state index is 12.3. The van der Waals surface area contributed by atoms with Gasteiger partial charge in [-0.25, -0.2) is 0 Å². The monoisotopic (exact) mass is 397 g/mol. The minimum absolute atomic E-state index is 0. The molecule has 2 aliphatic heterocycles. The predicted molar refractivity (Wildman–Crippen MR) is 120 cm³/mol. The van der Waals surface area contributed by atoms with Gasteiger partial charge in [0.25, 0.3) is 0 Å². The van der Waals surface area contributed by atoms with Gasteiger partial charge < -0.3 is 10.2 Å². The summed E-state index contributed by atoms with van der Waals surface area (Å²) < 4.78 is 0. The number of nitrogens with zero attached hydrogens (tertiary/aromatic N) is 4. The Kier molecular flexibility index (Phi) is 10.2. The van der Waals surface area contributed by atoms with Crippen LogP contribution in [-0.2, 0) is 4.79 Å². The van der Waals surface area contributed by atoms with E-state index < -0.39 is 0 Å². The van der Waals surface area contributed by atoms with Crippen LogP contribution < -0.4 is 5.32 Å². The van der Waals surface area contributed by atoms with Gasteiger partial charge in [0, 0.05) is 59.3 Å². The normalized spacial score (nSPS) is 21.1. The van der Waals surface area contributed by atoms with Crippen LogP contribution in [0.25, 0.3) is 0 Å². The van der Waals surface area contributed by atoms with Gasteiger partial charge in [-0.1, -0.05) is 6.92 Å². The number of carbonyl (C=O) groups is 1. The molecule has 0 saturated carbocycles. The molecule has 2 aliphatic rings. The van der Waals surface area contributed by atoms with Crippen molar-refractivity contribution in [2.24, 2.45) is 5.92 Å². The molecule has 0 bridgehead atoms. The highest BCUT2D eigenvalue weighted by molar-refractivity contribution is 5.78. The Morgan fingerprint density at radius 2 is 1.68 bits per heavy atom. The van der Waals surface area contributed by atoms with E-state index in [1.165, 1.54) is 45.6 Å². The van der Waals surface area contributed by atoms with Crippen LogP contribution in [0.5, 0.6) is 0 Å². The van der Waals surface area contributed by atoms with Crippen molar-refractivity contribution in [1.82, 2.24) is 24.9 Å². The standard InChI is InChI=1S/C22H45N5O.H2/c1-6-26(19(2)3)12-9-23-22(28)18-24-10-7-21(8-11-24)17-25-13-15-27(16-14-25)20(4)5;/h19-21H,6-18H2,1-5H3,(H,23,28);1H. The molecule has 0 radical (unpaired) electrons. The highest BCUT2D eigenvalue weighted by Crippen LogP contribution is 2.19. The van der Waals surface area contributed by atoms with Crippen molar-refractivity contribution in [2.45, 2.75) is 59.5 Å². The van der Waals surface area contributed by atoms with Gasteiger partial charge in [-0.2, -0.15) is 0 Å². The molecule has 0 aliphatic carbocycles. The Morgan fingerprint density at radius 1 is 1.04 bits per heavy atom. The van der Waals surface area contributed by atoms with Crippen LogP contribution in [0, 0.1) is 5.92 Å². The number of piperazine rings is 1. The Labute approximate surface area is 175 Å². The molecule has 28 heavy (non-hydrogen) atoms. The molecule has 6 nitrogen and oxygen atoms in total. The summed E-state index contributed by atoms with van der Waals surface area (Å²) in [7, 11) is 0. The third kappa shape index (κ3) is 7.97. The first-order valence-electron chi connectivity index (χ1n) is 11.6. The molecule has 2 fully saturated rings. The fraction of sp³-hybridized carbons (Fsp3) is 0.955. The molecule has 0 spiro atoms. The van der Waals surface area contributed by atoms with E-state index in [-0.39, 0.29) is 7.33 Å². The highest BCUT2D eigenvalue weighted by Gasteiger charge is 2.25. The van der Waals surface area contributed by atoms with E-state index in [1.807, 2.05) is 0 Å². The Morgan fingerprint density at radius 3 is 2.21 bits per heavy atom. The minimum atomic E-state index is 0. The Balaban J connectivity index is 0.00000420. The van der Waals surface area contributed by atoms with E-state index in [9.17, 15) is 4.79 Å². The zero-order chi connectivity index (χ0) is 20.5. The molecular formula is C22H47N5O. The fourth-order valence-corrected chi connectivity index (χ4v) is 4.53. The van der Waals surface area contributed by atoms with Crippen LogP contribution in [0.2, 0.25) is 0 Å². The molecule has 166 valence electrons. The van der Waals surface area contributed by atoms with Crippen molar-refractivity contribution in [2.75, 3.05) is 72.0 Å².